The largest absolute Gasteiger partial charge is 0.352 e. The molecule has 0 aliphatic heterocycles. The fourth-order valence-corrected chi connectivity index (χ4v) is 2.67. The fourth-order valence-electron chi connectivity index (χ4n) is 1.10. The molecule has 0 spiro atoms. The van der Waals surface area contributed by atoms with Gasteiger partial charge < -0.3 is 5.32 Å². The Bertz CT molecular complexity index is 465. The number of carbonyl (C=O) groups is 1. The van der Waals surface area contributed by atoms with Gasteiger partial charge in [0.15, 0.2) is 0 Å². The van der Waals surface area contributed by atoms with Crippen molar-refractivity contribution >= 4 is 25.6 Å². The summed E-state index contributed by atoms with van der Waals surface area (Å²) in [7, 11) is -2.41. The second-order valence-corrected chi connectivity index (χ2v) is 7.20. The highest BCUT2D eigenvalue weighted by Gasteiger charge is 2.11. The van der Waals surface area contributed by atoms with Gasteiger partial charge in [0.25, 0.3) is 0 Å². The average molecular weight is 259 g/mol. The van der Waals surface area contributed by atoms with Crippen molar-refractivity contribution in [3.05, 3.63) is 29.8 Å². The second-order valence-electron chi connectivity index (χ2n) is 3.17. The van der Waals surface area contributed by atoms with E-state index in [0.717, 1.165) is 16.4 Å². The molecule has 0 aliphatic rings. The van der Waals surface area contributed by atoms with E-state index in [-0.39, 0.29) is 10.8 Å². The Morgan fingerprint density at radius 3 is 2.31 bits per heavy atom. The van der Waals surface area contributed by atoms with Crippen LogP contribution in [0, 0.1) is 0 Å². The van der Waals surface area contributed by atoms with Crippen LogP contribution in [0.4, 0.5) is 0 Å². The standard InChI is InChI=1S/C10H13NO3S2/c1-8(12)11-7-9-3-5-10(6-4-9)16(13,14)15-2/h3-6H,7H2,1-2H3,(H,11,12). The predicted octanol–water partition coefficient (Wildman–Crippen LogP) is 1.37. The highest BCUT2D eigenvalue weighted by molar-refractivity contribution is 8.71. The molecule has 88 valence electrons. The Morgan fingerprint density at radius 1 is 1.31 bits per heavy atom. The van der Waals surface area contributed by atoms with Crippen molar-refractivity contribution in [2.75, 3.05) is 6.26 Å². The van der Waals surface area contributed by atoms with Gasteiger partial charge in [-0.05, 0) is 34.7 Å². The first kappa shape index (κ1) is 13.1. The summed E-state index contributed by atoms with van der Waals surface area (Å²) in [6, 6.07) is 6.48. The van der Waals surface area contributed by atoms with Crippen LogP contribution in [0.2, 0.25) is 0 Å². The molecule has 0 saturated heterocycles. The van der Waals surface area contributed by atoms with Gasteiger partial charge in [-0.25, -0.2) is 8.42 Å². The molecule has 0 unspecified atom stereocenters. The monoisotopic (exact) mass is 259 g/mol. The van der Waals surface area contributed by atoms with Crippen LogP contribution < -0.4 is 5.32 Å². The Morgan fingerprint density at radius 2 is 1.88 bits per heavy atom. The van der Waals surface area contributed by atoms with Crippen LogP contribution in [0.25, 0.3) is 0 Å². The van der Waals surface area contributed by atoms with Crippen LogP contribution >= 0.6 is 10.8 Å². The van der Waals surface area contributed by atoms with Gasteiger partial charge in [-0.2, -0.15) is 0 Å². The summed E-state index contributed by atoms with van der Waals surface area (Å²) < 4.78 is 22.9. The van der Waals surface area contributed by atoms with Crippen LogP contribution in [0.5, 0.6) is 0 Å². The van der Waals surface area contributed by atoms with Gasteiger partial charge in [0.1, 0.15) is 0 Å². The summed E-state index contributed by atoms with van der Waals surface area (Å²) in [5.74, 6) is -0.110. The van der Waals surface area contributed by atoms with Crippen LogP contribution in [-0.2, 0) is 20.2 Å². The van der Waals surface area contributed by atoms with Gasteiger partial charge in [-0.3, -0.25) is 4.79 Å². The minimum absolute atomic E-state index is 0.110. The number of benzene rings is 1. The van der Waals surface area contributed by atoms with Crippen LogP contribution in [0.1, 0.15) is 12.5 Å². The molecule has 1 N–H and O–H groups in total. The summed E-state index contributed by atoms with van der Waals surface area (Å²) in [5.41, 5.74) is 0.871. The molecule has 0 aliphatic carbocycles. The molecule has 16 heavy (non-hydrogen) atoms. The van der Waals surface area contributed by atoms with E-state index in [1.54, 1.807) is 24.3 Å². The van der Waals surface area contributed by atoms with Crippen molar-refractivity contribution in [3.8, 4) is 0 Å². The molecule has 6 heteroatoms. The molecule has 4 nitrogen and oxygen atoms in total. The summed E-state index contributed by atoms with van der Waals surface area (Å²) in [5, 5.41) is 2.64. The molecule has 1 amide bonds. The second kappa shape index (κ2) is 5.36. The lowest BCUT2D eigenvalue weighted by atomic mass is 10.2. The number of nitrogens with one attached hydrogen (secondary N) is 1. The number of hydrogen-bond donors (Lipinski definition) is 1. The highest BCUT2D eigenvalue weighted by atomic mass is 33.1. The normalized spacial score (nSPS) is 11.1. The van der Waals surface area contributed by atoms with E-state index in [2.05, 4.69) is 5.32 Å². The smallest absolute Gasteiger partial charge is 0.229 e. The molecular weight excluding hydrogens is 246 g/mol. The van der Waals surface area contributed by atoms with Gasteiger partial charge in [0, 0.05) is 13.5 Å². The van der Waals surface area contributed by atoms with Crippen molar-refractivity contribution in [2.24, 2.45) is 0 Å². The lowest BCUT2D eigenvalue weighted by molar-refractivity contribution is -0.119. The molecular formula is C10H13NO3S2. The molecule has 0 radical (unpaired) electrons. The Kier molecular flexibility index (Phi) is 4.37. The van der Waals surface area contributed by atoms with E-state index in [4.69, 9.17) is 0 Å². The fraction of sp³-hybridized carbons (Fsp3) is 0.300. The first-order valence-corrected chi connectivity index (χ1v) is 7.82. The molecule has 0 atom stereocenters. The van der Waals surface area contributed by atoms with Crippen LogP contribution in [0.15, 0.2) is 29.2 Å². The zero-order valence-electron chi connectivity index (χ0n) is 9.06. The first-order valence-electron chi connectivity index (χ1n) is 4.59. The maximum absolute atomic E-state index is 11.5. The molecule has 0 saturated carbocycles. The SMILES string of the molecule is CSS(=O)(=O)c1ccc(CNC(C)=O)cc1. The topological polar surface area (TPSA) is 63.2 Å². The van der Waals surface area contributed by atoms with Gasteiger partial charge in [0.05, 0.1) is 4.90 Å². The highest BCUT2D eigenvalue weighted by Crippen LogP contribution is 2.20. The van der Waals surface area contributed by atoms with Crippen molar-refractivity contribution in [1.29, 1.82) is 0 Å². The number of amides is 1. The van der Waals surface area contributed by atoms with Crippen LogP contribution in [-0.4, -0.2) is 20.6 Å². The lowest BCUT2D eigenvalue weighted by Gasteiger charge is -2.04. The minimum Gasteiger partial charge on any atom is -0.352 e. The maximum atomic E-state index is 11.5. The predicted molar refractivity (Wildman–Crippen MR) is 64.7 cm³/mol. The van der Waals surface area contributed by atoms with Crippen LogP contribution in [0.3, 0.4) is 0 Å². The van der Waals surface area contributed by atoms with E-state index in [0.29, 0.717) is 6.54 Å². The third kappa shape index (κ3) is 3.53. The first-order chi connectivity index (χ1) is 7.45. The third-order valence-electron chi connectivity index (χ3n) is 1.97. The molecule has 1 rings (SSSR count). The molecule has 0 bridgehead atoms. The minimum atomic E-state index is -3.22. The van der Waals surface area contributed by atoms with Gasteiger partial charge in [0.2, 0.25) is 14.8 Å². The van der Waals surface area contributed by atoms with Gasteiger partial charge in [-0.15, -0.1) is 0 Å². The molecule has 0 heterocycles. The number of rotatable bonds is 4. The van der Waals surface area contributed by atoms with Gasteiger partial charge in [-0.1, -0.05) is 12.1 Å². The quantitative estimate of drug-likeness (QED) is 0.830. The van der Waals surface area contributed by atoms with E-state index in [1.165, 1.54) is 13.2 Å². The van der Waals surface area contributed by atoms with Gasteiger partial charge >= 0.3 is 0 Å². The van der Waals surface area contributed by atoms with E-state index in [9.17, 15) is 13.2 Å². The van der Waals surface area contributed by atoms with Crippen molar-refractivity contribution in [1.82, 2.24) is 5.32 Å². The lowest BCUT2D eigenvalue weighted by Crippen LogP contribution is -2.18. The summed E-state index contributed by atoms with van der Waals surface area (Å²) in [6.45, 7) is 1.85. The van der Waals surface area contributed by atoms with Crippen molar-refractivity contribution in [2.45, 2.75) is 18.4 Å². The molecule has 0 fully saturated rings. The molecule has 0 aromatic heterocycles. The summed E-state index contributed by atoms with van der Waals surface area (Å²) >= 11 is 0. The summed E-state index contributed by atoms with van der Waals surface area (Å²) in [4.78, 5) is 11.0. The molecule has 1 aromatic carbocycles. The van der Waals surface area contributed by atoms with Crippen molar-refractivity contribution in [3.63, 3.8) is 0 Å². The zero-order valence-corrected chi connectivity index (χ0v) is 10.7. The van der Waals surface area contributed by atoms with Crippen molar-refractivity contribution < 1.29 is 13.2 Å². The van der Waals surface area contributed by atoms with E-state index < -0.39 is 8.87 Å². The van der Waals surface area contributed by atoms with E-state index in [1.807, 2.05) is 0 Å². The maximum Gasteiger partial charge on any atom is 0.229 e. The number of carbonyl (C=O) groups excluding carboxylic acids is 1. The Labute approximate surface area is 98.8 Å². The van der Waals surface area contributed by atoms with E-state index >= 15 is 0 Å². The number of hydrogen-bond acceptors (Lipinski definition) is 4. The average Bonchev–Trinajstić information content (AvgIpc) is 2.27. The Balaban J connectivity index is 2.80. The zero-order chi connectivity index (χ0) is 12.2. The third-order valence-corrected chi connectivity index (χ3v) is 5.16. The molecule has 1 aromatic rings. The Hall–Kier alpha value is -1.01. The summed E-state index contributed by atoms with van der Waals surface area (Å²) in [6.07, 6.45) is 1.53.